The normalized spacial score (nSPS) is 9.00. The third-order valence-corrected chi connectivity index (χ3v) is 1.16. The zero-order valence-corrected chi connectivity index (χ0v) is 6.18. The average molecular weight is 139 g/mol. The molecule has 0 saturated heterocycles. The molecule has 2 aromatic heterocycles. The summed E-state index contributed by atoms with van der Waals surface area (Å²) < 4.78 is 0. The van der Waals surface area contributed by atoms with Crippen LogP contribution in [-0.2, 0) is 0 Å². The molecule has 2 rings (SSSR count). The van der Waals surface area contributed by atoms with Gasteiger partial charge in [0.2, 0.25) is 0 Å². The Morgan fingerprint density at radius 2 is 2.30 bits per heavy atom. The smallest absolute Gasteiger partial charge is 0.132 e. The Balaban J connectivity index is 0.000000311. The predicted molar refractivity (Wildman–Crippen MR) is 43.9 cm³/mol. The van der Waals surface area contributed by atoms with Crippen LogP contribution in [0.2, 0.25) is 0 Å². The Hall–Kier alpha value is -1.25. The Morgan fingerprint density at radius 1 is 1.50 bits per heavy atom. The third-order valence-electron chi connectivity index (χ3n) is 1.16. The van der Waals surface area contributed by atoms with E-state index in [1.165, 1.54) is 0 Å². The number of fused-ring (bicyclic) bond motifs is 1. The summed E-state index contributed by atoms with van der Waals surface area (Å²) in [5.74, 6) is 0. The zero-order valence-electron chi connectivity index (χ0n) is 6.18. The molecule has 0 radical (unpaired) electrons. The molecule has 2 aromatic rings. The standard InChI is InChI=1S/C5H5N3.C2H6.H2/c1-2-6-5-4(1)3-7-8-5;1-2;/h1-3H,(H2,6,7,8);1-2H3;1H. The average Bonchev–Trinajstić information content (AvgIpc) is 2.49. The zero-order chi connectivity index (χ0) is 7.40. The van der Waals surface area contributed by atoms with Crippen molar-refractivity contribution in [1.29, 1.82) is 0 Å². The minimum atomic E-state index is 0. The molecule has 2 heterocycles. The highest BCUT2D eigenvalue weighted by Gasteiger charge is 1.89. The summed E-state index contributed by atoms with van der Waals surface area (Å²) in [5.41, 5.74) is 0.991. The van der Waals surface area contributed by atoms with Gasteiger partial charge in [-0.3, -0.25) is 5.10 Å². The highest BCUT2D eigenvalue weighted by atomic mass is 15.1. The van der Waals surface area contributed by atoms with E-state index in [9.17, 15) is 0 Å². The third kappa shape index (κ3) is 1.03. The van der Waals surface area contributed by atoms with E-state index in [1.54, 1.807) is 6.20 Å². The van der Waals surface area contributed by atoms with Gasteiger partial charge in [-0.15, -0.1) is 0 Å². The second-order valence-corrected chi connectivity index (χ2v) is 1.68. The molecular weight excluding hydrogens is 126 g/mol. The van der Waals surface area contributed by atoms with E-state index in [0.717, 1.165) is 11.0 Å². The summed E-state index contributed by atoms with van der Waals surface area (Å²) in [4.78, 5) is 2.98. The van der Waals surface area contributed by atoms with Crippen LogP contribution in [0.25, 0.3) is 11.0 Å². The molecule has 3 heteroatoms. The Labute approximate surface area is 60.9 Å². The lowest BCUT2D eigenvalue weighted by Crippen LogP contribution is -1.64. The number of nitrogens with zero attached hydrogens (tertiary/aromatic N) is 1. The molecular formula is C7H13N3. The maximum absolute atomic E-state index is 3.81. The molecule has 2 N–H and O–H groups in total. The van der Waals surface area contributed by atoms with Gasteiger partial charge < -0.3 is 4.98 Å². The minimum absolute atomic E-state index is 0. The molecule has 0 saturated carbocycles. The molecule has 0 aliphatic rings. The van der Waals surface area contributed by atoms with Crippen LogP contribution in [0.4, 0.5) is 0 Å². The Bertz CT molecular complexity index is 235. The molecule has 0 aliphatic heterocycles. The van der Waals surface area contributed by atoms with Gasteiger partial charge in [-0.1, -0.05) is 13.8 Å². The van der Waals surface area contributed by atoms with E-state index in [1.807, 2.05) is 26.1 Å². The van der Waals surface area contributed by atoms with Crippen molar-refractivity contribution in [3.63, 3.8) is 0 Å². The highest BCUT2D eigenvalue weighted by molar-refractivity contribution is 5.73. The van der Waals surface area contributed by atoms with E-state index in [0.29, 0.717) is 0 Å². The fourth-order valence-corrected chi connectivity index (χ4v) is 0.752. The number of H-pyrrole nitrogens is 2. The molecule has 0 amide bonds. The van der Waals surface area contributed by atoms with Crippen LogP contribution in [0.5, 0.6) is 0 Å². The first kappa shape index (κ1) is 6.86. The van der Waals surface area contributed by atoms with Crippen LogP contribution in [0.3, 0.4) is 0 Å². The van der Waals surface area contributed by atoms with Crippen LogP contribution in [-0.4, -0.2) is 15.2 Å². The van der Waals surface area contributed by atoms with Gasteiger partial charge in [-0.05, 0) is 6.07 Å². The van der Waals surface area contributed by atoms with E-state index in [2.05, 4.69) is 15.2 Å². The minimum Gasteiger partial charge on any atom is -0.347 e. The van der Waals surface area contributed by atoms with Crippen molar-refractivity contribution in [2.45, 2.75) is 13.8 Å². The van der Waals surface area contributed by atoms with Crippen molar-refractivity contribution in [2.24, 2.45) is 0 Å². The van der Waals surface area contributed by atoms with Crippen molar-refractivity contribution >= 4 is 11.0 Å². The van der Waals surface area contributed by atoms with E-state index >= 15 is 0 Å². The summed E-state index contributed by atoms with van der Waals surface area (Å²) in [6.45, 7) is 4.00. The number of aromatic nitrogens is 3. The van der Waals surface area contributed by atoms with Crippen molar-refractivity contribution < 1.29 is 1.43 Å². The summed E-state index contributed by atoms with van der Waals surface area (Å²) in [6.07, 6.45) is 3.66. The van der Waals surface area contributed by atoms with Crippen molar-refractivity contribution in [3.8, 4) is 0 Å². The second-order valence-electron chi connectivity index (χ2n) is 1.68. The highest BCUT2D eigenvalue weighted by Crippen LogP contribution is 2.04. The summed E-state index contributed by atoms with van der Waals surface area (Å²) >= 11 is 0. The van der Waals surface area contributed by atoms with Crippen LogP contribution >= 0.6 is 0 Å². The van der Waals surface area contributed by atoms with Crippen LogP contribution in [0.1, 0.15) is 15.3 Å². The van der Waals surface area contributed by atoms with Crippen molar-refractivity contribution in [3.05, 3.63) is 18.5 Å². The lowest BCUT2D eigenvalue weighted by molar-refractivity contribution is 1.10. The number of nitrogens with one attached hydrogen (secondary N) is 2. The van der Waals surface area contributed by atoms with Crippen molar-refractivity contribution in [2.75, 3.05) is 0 Å². The van der Waals surface area contributed by atoms with Gasteiger partial charge in [0, 0.05) is 13.0 Å². The van der Waals surface area contributed by atoms with Crippen LogP contribution in [0, 0.1) is 0 Å². The SMILES string of the molecule is CC.[HH].c1cc2cn[nH]c2[nH]1. The molecule has 0 unspecified atom stereocenters. The van der Waals surface area contributed by atoms with Gasteiger partial charge in [0.1, 0.15) is 5.65 Å². The Kier molecular flexibility index (Phi) is 2.10. The van der Waals surface area contributed by atoms with Gasteiger partial charge in [0.25, 0.3) is 0 Å². The second kappa shape index (κ2) is 3.06. The fraction of sp³-hybridized carbons (Fsp3) is 0.286. The molecule has 0 fully saturated rings. The Morgan fingerprint density at radius 3 is 3.00 bits per heavy atom. The maximum atomic E-state index is 3.81. The number of aromatic amines is 2. The largest absolute Gasteiger partial charge is 0.347 e. The molecule has 0 bridgehead atoms. The van der Waals surface area contributed by atoms with Crippen LogP contribution in [0.15, 0.2) is 18.5 Å². The van der Waals surface area contributed by atoms with E-state index in [4.69, 9.17) is 0 Å². The molecule has 0 aliphatic carbocycles. The first-order chi connectivity index (χ1) is 4.97. The number of rotatable bonds is 0. The molecule has 3 nitrogen and oxygen atoms in total. The lowest BCUT2D eigenvalue weighted by Gasteiger charge is -1.67. The molecule has 0 spiro atoms. The van der Waals surface area contributed by atoms with E-state index in [-0.39, 0.29) is 1.43 Å². The van der Waals surface area contributed by atoms with Crippen LogP contribution < -0.4 is 0 Å². The monoisotopic (exact) mass is 139 g/mol. The maximum Gasteiger partial charge on any atom is 0.132 e. The molecule has 56 valence electrons. The number of hydrogen-bond acceptors (Lipinski definition) is 1. The first-order valence-electron chi connectivity index (χ1n) is 3.43. The van der Waals surface area contributed by atoms with Gasteiger partial charge >= 0.3 is 0 Å². The summed E-state index contributed by atoms with van der Waals surface area (Å²) in [7, 11) is 0. The van der Waals surface area contributed by atoms with Gasteiger partial charge in [-0.2, -0.15) is 5.10 Å². The summed E-state index contributed by atoms with van der Waals surface area (Å²) in [5, 5.41) is 7.73. The van der Waals surface area contributed by atoms with Crippen molar-refractivity contribution in [1.82, 2.24) is 15.2 Å². The molecule has 0 aromatic carbocycles. The van der Waals surface area contributed by atoms with Gasteiger partial charge in [0.15, 0.2) is 0 Å². The predicted octanol–water partition coefficient (Wildman–Crippen LogP) is 2.16. The molecule has 0 atom stereocenters. The molecule has 10 heavy (non-hydrogen) atoms. The number of hydrogen-bond donors (Lipinski definition) is 2. The summed E-state index contributed by atoms with van der Waals surface area (Å²) in [6, 6.07) is 1.97. The van der Waals surface area contributed by atoms with Gasteiger partial charge in [0.05, 0.1) is 6.20 Å². The quantitative estimate of drug-likeness (QED) is 0.577. The fourth-order valence-electron chi connectivity index (χ4n) is 0.752. The van der Waals surface area contributed by atoms with Gasteiger partial charge in [-0.25, -0.2) is 0 Å². The first-order valence-corrected chi connectivity index (χ1v) is 3.43. The van der Waals surface area contributed by atoms with E-state index < -0.39 is 0 Å². The lowest BCUT2D eigenvalue weighted by atomic mass is 10.5. The topological polar surface area (TPSA) is 44.5 Å².